The van der Waals surface area contributed by atoms with E-state index in [9.17, 15) is 9.90 Å². The molecule has 1 heterocycles. The quantitative estimate of drug-likeness (QED) is 0.703. The van der Waals surface area contributed by atoms with E-state index < -0.39 is 24.7 Å². The summed E-state index contributed by atoms with van der Waals surface area (Å²) in [7, 11) is 1.63. The van der Waals surface area contributed by atoms with Crippen LogP contribution < -0.4 is 9.47 Å². The lowest BCUT2D eigenvalue weighted by molar-refractivity contribution is -0.186. The van der Waals surface area contributed by atoms with Crippen LogP contribution in [0.2, 0.25) is 0 Å². The van der Waals surface area contributed by atoms with Crippen molar-refractivity contribution >= 4 is 6.16 Å². The smallest absolute Gasteiger partial charge is 0.497 e. The predicted octanol–water partition coefficient (Wildman–Crippen LogP) is 3.23. The molecular formula is C21H24O7. The van der Waals surface area contributed by atoms with E-state index >= 15 is 0 Å². The van der Waals surface area contributed by atoms with E-state index in [0.29, 0.717) is 25.0 Å². The maximum Gasteiger partial charge on any atom is 0.505 e. The highest BCUT2D eigenvalue weighted by atomic mass is 16.7. The molecule has 1 saturated heterocycles. The number of rotatable bonds is 7. The van der Waals surface area contributed by atoms with Crippen LogP contribution in [0.25, 0.3) is 0 Å². The molecule has 150 valence electrons. The molecular weight excluding hydrogens is 364 g/mol. The van der Waals surface area contributed by atoms with Crippen LogP contribution in [0.1, 0.15) is 24.0 Å². The van der Waals surface area contributed by atoms with Crippen LogP contribution in [0.3, 0.4) is 0 Å². The highest BCUT2D eigenvalue weighted by Gasteiger charge is 2.31. The molecule has 7 nitrogen and oxygen atoms in total. The van der Waals surface area contributed by atoms with E-state index in [0.717, 1.165) is 16.9 Å². The van der Waals surface area contributed by atoms with Gasteiger partial charge in [-0.1, -0.05) is 30.3 Å². The van der Waals surface area contributed by atoms with Crippen LogP contribution in [0.15, 0.2) is 48.5 Å². The number of para-hydroxylation sites is 1. The topological polar surface area (TPSA) is 94.5 Å². The average molecular weight is 388 g/mol. The SMILES string of the molecule is COc1ccc(Cc2ccccc2O[C@H]2C[C@@H](O)C[C@@H](COC(=O)O)O2)cc1. The summed E-state index contributed by atoms with van der Waals surface area (Å²) in [6.07, 6.45) is -1.95. The molecule has 0 aliphatic carbocycles. The van der Waals surface area contributed by atoms with Crippen LogP contribution in [-0.4, -0.2) is 48.6 Å². The number of aliphatic hydroxyl groups excluding tert-OH is 1. The fourth-order valence-electron chi connectivity index (χ4n) is 3.16. The lowest BCUT2D eigenvalue weighted by Gasteiger charge is -2.33. The van der Waals surface area contributed by atoms with Gasteiger partial charge in [-0.3, -0.25) is 0 Å². The van der Waals surface area contributed by atoms with Gasteiger partial charge in [-0.25, -0.2) is 4.79 Å². The summed E-state index contributed by atoms with van der Waals surface area (Å²) in [4.78, 5) is 10.6. The molecule has 2 N–H and O–H groups in total. The second kappa shape index (κ2) is 9.43. The van der Waals surface area contributed by atoms with E-state index in [1.54, 1.807) is 7.11 Å². The minimum atomic E-state index is -1.37. The third-order valence-electron chi connectivity index (χ3n) is 4.52. The lowest BCUT2D eigenvalue weighted by Crippen LogP contribution is -2.41. The highest BCUT2D eigenvalue weighted by molar-refractivity contribution is 5.56. The molecule has 1 aliphatic rings. The normalized spacial score (nSPS) is 21.7. The molecule has 0 amide bonds. The Balaban J connectivity index is 1.67. The fourth-order valence-corrected chi connectivity index (χ4v) is 3.16. The number of benzene rings is 2. The van der Waals surface area contributed by atoms with Gasteiger partial charge in [0.2, 0.25) is 6.29 Å². The second-order valence-corrected chi connectivity index (χ2v) is 6.64. The average Bonchev–Trinajstić information content (AvgIpc) is 2.68. The molecule has 0 spiro atoms. The van der Waals surface area contributed by atoms with Crippen LogP contribution in [0, 0.1) is 0 Å². The van der Waals surface area contributed by atoms with E-state index in [4.69, 9.17) is 19.3 Å². The first kappa shape index (κ1) is 20.0. The van der Waals surface area contributed by atoms with Crippen molar-refractivity contribution in [1.82, 2.24) is 0 Å². The third-order valence-corrected chi connectivity index (χ3v) is 4.52. The Labute approximate surface area is 163 Å². The molecule has 1 aliphatic heterocycles. The predicted molar refractivity (Wildman–Crippen MR) is 101 cm³/mol. The molecule has 2 aromatic rings. The van der Waals surface area contributed by atoms with Crippen molar-refractivity contribution in [2.75, 3.05) is 13.7 Å². The van der Waals surface area contributed by atoms with Gasteiger partial charge >= 0.3 is 6.16 Å². The molecule has 0 unspecified atom stereocenters. The fraction of sp³-hybridized carbons (Fsp3) is 0.381. The molecule has 0 saturated carbocycles. The standard InChI is InChI=1S/C21H24O7/c1-25-17-8-6-14(7-9-17)10-15-4-2-3-5-19(15)28-20-12-16(22)11-18(27-20)13-26-21(23)24/h2-9,16,18,20,22H,10-13H2,1H3,(H,23,24)/t16-,18-,20-/m0/s1. The van der Waals surface area contributed by atoms with Crippen LogP contribution in [0.4, 0.5) is 4.79 Å². The van der Waals surface area contributed by atoms with Crippen molar-refractivity contribution in [2.24, 2.45) is 0 Å². The largest absolute Gasteiger partial charge is 0.505 e. The summed E-state index contributed by atoms with van der Waals surface area (Å²) >= 11 is 0. The summed E-state index contributed by atoms with van der Waals surface area (Å²) in [5.74, 6) is 1.46. The van der Waals surface area contributed by atoms with Gasteiger partial charge in [0.1, 0.15) is 18.1 Å². The molecule has 1 fully saturated rings. The zero-order chi connectivity index (χ0) is 19.9. The van der Waals surface area contributed by atoms with Gasteiger partial charge in [-0.05, 0) is 29.3 Å². The Hall–Kier alpha value is -2.77. The van der Waals surface area contributed by atoms with Gasteiger partial charge in [0.15, 0.2) is 0 Å². The first-order valence-electron chi connectivity index (χ1n) is 9.10. The first-order chi connectivity index (χ1) is 13.5. The first-order valence-corrected chi connectivity index (χ1v) is 9.10. The number of hydrogen-bond acceptors (Lipinski definition) is 6. The van der Waals surface area contributed by atoms with E-state index in [2.05, 4.69) is 4.74 Å². The number of methoxy groups -OCH3 is 1. The highest BCUT2D eigenvalue weighted by Crippen LogP contribution is 2.27. The summed E-state index contributed by atoms with van der Waals surface area (Å²) in [6, 6.07) is 15.4. The van der Waals surface area contributed by atoms with Gasteiger partial charge < -0.3 is 29.2 Å². The summed E-state index contributed by atoms with van der Waals surface area (Å²) in [5, 5.41) is 18.7. The molecule has 2 aromatic carbocycles. The van der Waals surface area contributed by atoms with Crippen molar-refractivity contribution in [3.63, 3.8) is 0 Å². The van der Waals surface area contributed by atoms with Crippen LogP contribution >= 0.6 is 0 Å². The maximum atomic E-state index is 10.6. The number of ether oxygens (including phenoxy) is 4. The maximum absolute atomic E-state index is 10.6. The molecule has 0 radical (unpaired) electrons. The molecule has 7 heteroatoms. The van der Waals surface area contributed by atoms with Crippen molar-refractivity contribution in [3.05, 3.63) is 59.7 Å². The van der Waals surface area contributed by atoms with Crippen molar-refractivity contribution in [2.45, 2.75) is 37.8 Å². The zero-order valence-corrected chi connectivity index (χ0v) is 15.6. The van der Waals surface area contributed by atoms with Crippen molar-refractivity contribution in [3.8, 4) is 11.5 Å². The Morgan fingerprint density at radius 2 is 1.89 bits per heavy atom. The third kappa shape index (κ3) is 5.61. The number of carboxylic acid groups (broad SMARTS) is 1. The van der Waals surface area contributed by atoms with E-state index in [-0.39, 0.29) is 6.61 Å². The Morgan fingerprint density at radius 3 is 2.61 bits per heavy atom. The van der Waals surface area contributed by atoms with Gasteiger partial charge in [0.05, 0.1) is 19.3 Å². The minimum Gasteiger partial charge on any atom is -0.497 e. The van der Waals surface area contributed by atoms with Crippen LogP contribution in [0.5, 0.6) is 11.5 Å². The minimum absolute atomic E-state index is 0.139. The summed E-state index contributed by atoms with van der Waals surface area (Å²) < 4.78 is 21.5. The molecule has 0 bridgehead atoms. The number of carbonyl (C=O) groups is 1. The Morgan fingerprint density at radius 1 is 1.14 bits per heavy atom. The Bertz CT molecular complexity index is 775. The Kier molecular flexibility index (Phi) is 6.73. The second-order valence-electron chi connectivity index (χ2n) is 6.64. The molecule has 3 atom stereocenters. The van der Waals surface area contributed by atoms with Crippen molar-refractivity contribution < 1.29 is 34.0 Å². The molecule has 28 heavy (non-hydrogen) atoms. The van der Waals surface area contributed by atoms with Gasteiger partial charge in [0.25, 0.3) is 0 Å². The van der Waals surface area contributed by atoms with Gasteiger partial charge in [-0.2, -0.15) is 0 Å². The lowest BCUT2D eigenvalue weighted by atomic mass is 10.0. The van der Waals surface area contributed by atoms with E-state index in [1.807, 2.05) is 48.5 Å². The molecule has 0 aromatic heterocycles. The zero-order valence-electron chi connectivity index (χ0n) is 15.6. The van der Waals surface area contributed by atoms with E-state index in [1.165, 1.54) is 0 Å². The van der Waals surface area contributed by atoms with Crippen molar-refractivity contribution in [1.29, 1.82) is 0 Å². The molecule has 3 rings (SSSR count). The number of hydrogen-bond donors (Lipinski definition) is 2. The van der Waals surface area contributed by atoms with Gasteiger partial charge in [0, 0.05) is 19.3 Å². The monoisotopic (exact) mass is 388 g/mol. The summed E-state index contributed by atoms with van der Waals surface area (Å²) in [5.41, 5.74) is 2.09. The van der Waals surface area contributed by atoms with Crippen LogP contribution in [-0.2, 0) is 15.9 Å². The summed E-state index contributed by atoms with van der Waals surface area (Å²) in [6.45, 7) is -0.139. The van der Waals surface area contributed by atoms with Gasteiger partial charge in [-0.15, -0.1) is 0 Å². The number of aliphatic hydroxyl groups is 1.